The smallest absolute Gasteiger partial charge is 0.315 e. The van der Waals surface area contributed by atoms with E-state index in [4.69, 9.17) is 4.74 Å². The molecule has 2 N–H and O–H groups in total. The third kappa shape index (κ3) is 3.38. The molecule has 1 aliphatic heterocycles. The predicted molar refractivity (Wildman–Crippen MR) is 78.1 cm³/mol. The molecule has 1 fully saturated rings. The maximum absolute atomic E-state index is 13.7. The molecule has 0 aromatic heterocycles. The number of nitrogens with one attached hydrogen (secondary N) is 2. The fraction of sp³-hybridized carbons (Fsp3) is 0.562. The van der Waals surface area contributed by atoms with Gasteiger partial charge in [0.25, 0.3) is 5.92 Å². The lowest BCUT2D eigenvalue weighted by atomic mass is 10.0. The van der Waals surface area contributed by atoms with E-state index in [9.17, 15) is 18.0 Å². The molecule has 1 aromatic rings. The Hall–Kier alpha value is -1.92. The molecule has 0 radical (unpaired) electrons. The van der Waals surface area contributed by atoms with Crippen LogP contribution in [0.5, 0.6) is 5.75 Å². The number of amides is 2. The van der Waals surface area contributed by atoms with E-state index in [0.717, 1.165) is 0 Å². The summed E-state index contributed by atoms with van der Waals surface area (Å²) in [6, 6.07) is 3.62. The molecule has 3 rings (SSSR count). The average molecular weight is 328 g/mol. The number of para-hydroxylation sites is 1. The molecule has 1 heterocycles. The van der Waals surface area contributed by atoms with E-state index < -0.39 is 29.7 Å². The van der Waals surface area contributed by atoms with Gasteiger partial charge in [-0.2, -0.15) is 0 Å². The quantitative estimate of drug-likeness (QED) is 0.894. The lowest BCUT2D eigenvalue weighted by molar-refractivity contribution is -0.0349. The zero-order valence-electron chi connectivity index (χ0n) is 12.6. The minimum atomic E-state index is -2.71. The van der Waals surface area contributed by atoms with Crippen molar-refractivity contribution in [3.63, 3.8) is 0 Å². The molecule has 0 bridgehead atoms. The number of ether oxygens (including phenoxy) is 1. The molecule has 7 heteroatoms. The van der Waals surface area contributed by atoms with Gasteiger partial charge in [-0.3, -0.25) is 0 Å². The number of hydrogen-bond donors (Lipinski definition) is 2. The molecule has 2 amide bonds. The Kier molecular flexibility index (Phi) is 4.37. The van der Waals surface area contributed by atoms with E-state index >= 15 is 0 Å². The summed E-state index contributed by atoms with van der Waals surface area (Å²) in [5, 5.41) is 5.22. The number of carbonyl (C=O) groups is 1. The summed E-state index contributed by atoms with van der Waals surface area (Å²) in [6.45, 7) is 0.234. The summed E-state index contributed by atoms with van der Waals surface area (Å²) < 4.78 is 46.0. The van der Waals surface area contributed by atoms with Gasteiger partial charge in [0, 0.05) is 30.9 Å². The van der Waals surface area contributed by atoms with Gasteiger partial charge in [-0.05, 0) is 18.9 Å². The minimum Gasteiger partial charge on any atom is -0.490 e. The molecule has 126 valence electrons. The third-order valence-electron chi connectivity index (χ3n) is 4.50. The SMILES string of the molecule is O=C(NCC1CCCC1(F)F)N[C@H]1CCOc2c(F)cccc21. The van der Waals surface area contributed by atoms with Crippen LogP contribution < -0.4 is 15.4 Å². The second kappa shape index (κ2) is 6.29. The van der Waals surface area contributed by atoms with Crippen LogP contribution in [-0.4, -0.2) is 25.1 Å². The van der Waals surface area contributed by atoms with Crippen molar-refractivity contribution in [3.05, 3.63) is 29.6 Å². The highest BCUT2D eigenvalue weighted by molar-refractivity contribution is 5.74. The molecular weight excluding hydrogens is 309 g/mol. The zero-order valence-corrected chi connectivity index (χ0v) is 12.6. The van der Waals surface area contributed by atoms with Crippen LogP contribution in [0.15, 0.2) is 18.2 Å². The number of benzene rings is 1. The highest BCUT2D eigenvalue weighted by Gasteiger charge is 2.43. The number of alkyl halides is 2. The largest absolute Gasteiger partial charge is 0.490 e. The van der Waals surface area contributed by atoms with Gasteiger partial charge in [0.2, 0.25) is 0 Å². The molecule has 2 atom stereocenters. The fourth-order valence-corrected chi connectivity index (χ4v) is 3.21. The Balaban J connectivity index is 1.58. The van der Waals surface area contributed by atoms with Gasteiger partial charge in [0.1, 0.15) is 0 Å². The minimum absolute atomic E-state index is 0.0575. The van der Waals surface area contributed by atoms with Crippen LogP contribution in [0.2, 0.25) is 0 Å². The Morgan fingerprint density at radius 1 is 1.35 bits per heavy atom. The van der Waals surface area contributed by atoms with E-state index in [2.05, 4.69) is 10.6 Å². The Labute approximate surface area is 132 Å². The molecule has 1 unspecified atom stereocenters. The van der Waals surface area contributed by atoms with Crippen molar-refractivity contribution in [2.75, 3.05) is 13.2 Å². The van der Waals surface area contributed by atoms with Crippen LogP contribution in [0.3, 0.4) is 0 Å². The summed E-state index contributed by atoms with van der Waals surface area (Å²) in [4.78, 5) is 12.0. The van der Waals surface area contributed by atoms with Gasteiger partial charge in [-0.15, -0.1) is 0 Å². The second-order valence-electron chi connectivity index (χ2n) is 6.05. The van der Waals surface area contributed by atoms with Gasteiger partial charge in [-0.1, -0.05) is 12.1 Å². The monoisotopic (exact) mass is 328 g/mol. The first kappa shape index (κ1) is 16.0. The molecule has 1 aliphatic carbocycles. The van der Waals surface area contributed by atoms with Crippen LogP contribution in [0, 0.1) is 11.7 Å². The van der Waals surface area contributed by atoms with Crippen molar-refractivity contribution in [1.82, 2.24) is 10.6 Å². The van der Waals surface area contributed by atoms with Gasteiger partial charge < -0.3 is 15.4 Å². The van der Waals surface area contributed by atoms with Crippen molar-refractivity contribution >= 4 is 6.03 Å². The lowest BCUT2D eigenvalue weighted by Gasteiger charge is -2.27. The van der Waals surface area contributed by atoms with E-state index in [1.807, 2.05) is 0 Å². The van der Waals surface area contributed by atoms with Crippen molar-refractivity contribution < 1.29 is 22.7 Å². The summed E-state index contributed by atoms with van der Waals surface area (Å²) >= 11 is 0. The normalized spacial score (nSPS) is 25.3. The van der Waals surface area contributed by atoms with Crippen LogP contribution in [-0.2, 0) is 0 Å². The van der Waals surface area contributed by atoms with Gasteiger partial charge in [-0.25, -0.2) is 18.0 Å². The fourth-order valence-electron chi connectivity index (χ4n) is 3.21. The number of halogens is 3. The Morgan fingerprint density at radius 3 is 2.91 bits per heavy atom. The first-order valence-corrected chi connectivity index (χ1v) is 7.81. The van der Waals surface area contributed by atoms with Crippen molar-refractivity contribution in [2.45, 2.75) is 37.6 Å². The zero-order chi connectivity index (χ0) is 16.4. The Bertz CT molecular complexity index is 595. The topological polar surface area (TPSA) is 50.4 Å². The first-order valence-electron chi connectivity index (χ1n) is 7.81. The number of fused-ring (bicyclic) bond motifs is 1. The highest BCUT2D eigenvalue weighted by Crippen LogP contribution is 2.39. The van der Waals surface area contributed by atoms with Crippen LogP contribution >= 0.6 is 0 Å². The predicted octanol–water partition coefficient (Wildman–Crippen LogP) is 3.38. The lowest BCUT2D eigenvalue weighted by Crippen LogP contribution is -2.43. The van der Waals surface area contributed by atoms with Gasteiger partial charge in [0.05, 0.1) is 12.6 Å². The summed E-state index contributed by atoms with van der Waals surface area (Å²) in [6.07, 6.45) is 1.28. The molecule has 23 heavy (non-hydrogen) atoms. The van der Waals surface area contributed by atoms with Crippen molar-refractivity contribution in [2.24, 2.45) is 5.92 Å². The third-order valence-corrected chi connectivity index (χ3v) is 4.50. The molecule has 0 spiro atoms. The molecule has 1 saturated carbocycles. The summed E-state index contributed by atoms with van der Waals surface area (Å²) in [5.41, 5.74) is 0.567. The van der Waals surface area contributed by atoms with Crippen molar-refractivity contribution in [3.8, 4) is 5.75 Å². The highest BCUT2D eigenvalue weighted by atomic mass is 19.3. The molecule has 0 saturated heterocycles. The molecule has 4 nitrogen and oxygen atoms in total. The maximum atomic E-state index is 13.7. The summed E-state index contributed by atoms with van der Waals surface area (Å²) in [5.74, 6) is -3.85. The number of carbonyl (C=O) groups excluding carboxylic acids is 1. The van der Waals surface area contributed by atoms with Gasteiger partial charge in [0.15, 0.2) is 11.6 Å². The second-order valence-corrected chi connectivity index (χ2v) is 6.05. The van der Waals surface area contributed by atoms with Crippen LogP contribution in [0.1, 0.15) is 37.3 Å². The maximum Gasteiger partial charge on any atom is 0.315 e. The standard InChI is InChI=1S/C16H19F3N2O2/c17-12-5-1-4-11-13(6-8-23-14(11)12)21-15(22)20-9-10-3-2-7-16(10,18)19/h1,4-5,10,13H,2-3,6-9H2,(H2,20,21,22)/t10?,13-/m0/s1. The van der Waals surface area contributed by atoms with E-state index in [1.165, 1.54) is 6.07 Å². The molecule has 2 aliphatic rings. The number of urea groups is 1. The van der Waals surface area contributed by atoms with Crippen molar-refractivity contribution in [1.29, 1.82) is 0 Å². The average Bonchev–Trinajstić information content (AvgIpc) is 2.85. The van der Waals surface area contributed by atoms with E-state index in [0.29, 0.717) is 31.4 Å². The van der Waals surface area contributed by atoms with Crippen LogP contribution in [0.4, 0.5) is 18.0 Å². The molecular formula is C16H19F3N2O2. The molecule has 1 aromatic carbocycles. The summed E-state index contributed by atoms with van der Waals surface area (Å²) in [7, 11) is 0. The number of rotatable bonds is 3. The number of hydrogen-bond acceptors (Lipinski definition) is 2. The van der Waals surface area contributed by atoms with E-state index in [-0.39, 0.29) is 18.7 Å². The Morgan fingerprint density at radius 2 is 2.17 bits per heavy atom. The van der Waals surface area contributed by atoms with Gasteiger partial charge >= 0.3 is 6.03 Å². The first-order chi connectivity index (χ1) is 11.0. The van der Waals surface area contributed by atoms with E-state index in [1.54, 1.807) is 12.1 Å². The van der Waals surface area contributed by atoms with Crippen LogP contribution in [0.25, 0.3) is 0 Å².